The van der Waals surface area contributed by atoms with Crippen LogP contribution >= 0.6 is 23.1 Å². The Morgan fingerprint density at radius 3 is 2.30 bits per heavy atom. The van der Waals surface area contributed by atoms with Crippen LogP contribution in [-0.2, 0) is 10.2 Å². The molecule has 2 rings (SSSR count). The Hall–Kier alpha value is -1.77. The van der Waals surface area contributed by atoms with E-state index in [1.807, 2.05) is 30.5 Å². The highest BCUT2D eigenvalue weighted by Crippen LogP contribution is 2.41. The maximum absolute atomic E-state index is 12.1. The summed E-state index contributed by atoms with van der Waals surface area (Å²) < 4.78 is 5.72. The molecule has 120 valence electrons. The Labute approximate surface area is 145 Å². The number of rotatable bonds is 3. The Morgan fingerprint density at radius 1 is 1.26 bits per heavy atom. The van der Waals surface area contributed by atoms with Crippen molar-refractivity contribution in [3.8, 4) is 17.2 Å². The molecule has 0 spiro atoms. The van der Waals surface area contributed by atoms with Crippen molar-refractivity contribution in [2.45, 2.75) is 30.4 Å². The fourth-order valence-corrected chi connectivity index (χ4v) is 4.16. The van der Waals surface area contributed by atoms with Gasteiger partial charge >= 0.3 is 5.97 Å². The van der Waals surface area contributed by atoms with Crippen LogP contribution in [0.15, 0.2) is 28.5 Å². The Bertz CT molecular complexity index is 762. The minimum absolute atomic E-state index is 0.0564. The molecule has 0 radical (unpaired) electrons. The van der Waals surface area contributed by atoms with E-state index in [1.165, 1.54) is 35.8 Å². The van der Waals surface area contributed by atoms with Gasteiger partial charge in [0.1, 0.15) is 10.9 Å². The Morgan fingerprint density at radius 2 is 1.87 bits per heavy atom. The summed E-state index contributed by atoms with van der Waals surface area (Å²) in [6.07, 6.45) is 1.90. The standard InChI is InChI=1S/C18H19NO2S2/c1-18(2,3)12-8-6-11(7-9-12)14-13(10-19)17(22-5)23-15(14)16(20)21-4/h6-9H,1-5H3. The van der Waals surface area contributed by atoms with Gasteiger partial charge in [-0.2, -0.15) is 5.26 Å². The molecule has 0 aliphatic heterocycles. The molecule has 1 heterocycles. The molecular weight excluding hydrogens is 326 g/mol. The first-order chi connectivity index (χ1) is 10.8. The number of esters is 1. The van der Waals surface area contributed by atoms with Crippen molar-refractivity contribution in [2.75, 3.05) is 13.4 Å². The Balaban J connectivity index is 2.64. The number of benzene rings is 1. The summed E-state index contributed by atoms with van der Waals surface area (Å²) in [6.45, 7) is 6.46. The van der Waals surface area contributed by atoms with Gasteiger partial charge in [0.25, 0.3) is 0 Å². The van der Waals surface area contributed by atoms with Crippen molar-refractivity contribution in [3.05, 3.63) is 40.3 Å². The van der Waals surface area contributed by atoms with Crippen molar-refractivity contribution >= 4 is 29.1 Å². The summed E-state index contributed by atoms with van der Waals surface area (Å²) >= 11 is 2.79. The second-order valence-corrected chi connectivity index (χ2v) is 8.20. The van der Waals surface area contributed by atoms with E-state index in [0.717, 1.165) is 9.77 Å². The number of hydrogen-bond donors (Lipinski definition) is 0. The largest absolute Gasteiger partial charge is 0.465 e. The van der Waals surface area contributed by atoms with Gasteiger partial charge < -0.3 is 4.74 Å². The minimum Gasteiger partial charge on any atom is -0.465 e. The van der Waals surface area contributed by atoms with Crippen molar-refractivity contribution in [2.24, 2.45) is 0 Å². The van der Waals surface area contributed by atoms with Crippen LogP contribution in [0.3, 0.4) is 0 Å². The molecular formula is C18H19NO2S2. The maximum Gasteiger partial charge on any atom is 0.348 e. The second-order valence-electron chi connectivity index (χ2n) is 6.10. The van der Waals surface area contributed by atoms with Gasteiger partial charge in [-0.3, -0.25) is 0 Å². The molecule has 0 saturated heterocycles. The van der Waals surface area contributed by atoms with E-state index in [0.29, 0.717) is 16.0 Å². The molecule has 0 fully saturated rings. The molecule has 23 heavy (non-hydrogen) atoms. The number of nitrogens with zero attached hydrogens (tertiary/aromatic N) is 1. The molecule has 0 aliphatic rings. The van der Waals surface area contributed by atoms with E-state index in [4.69, 9.17) is 4.74 Å². The summed E-state index contributed by atoms with van der Waals surface area (Å²) in [7, 11) is 1.36. The minimum atomic E-state index is -0.401. The van der Waals surface area contributed by atoms with Gasteiger partial charge in [-0.05, 0) is 22.8 Å². The second kappa shape index (κ2) is 6.77. The lowest BCUT2D eigenvalue weighted by atomic mass is 9.86. The zero-order valence-corrected chi connectivity index (χ0v) is 15.5. The van der Waals surface area contributed by atoms with E-state index in [1.54, 1.807) is 0 Å². The first-order valence-electron chi connectivity index (χ1n) is 7.13. The molecule has 1 aromatic carbocycles. The van der Waals surface area contributed by atoms with Gasteiger partial charge in [0.15, 0.2) is 0 Å². The van der Waals surface area contributed by atoms with Gasteiger partial charge in [0, 0.05) is 5.56 Å². The van der Waals surface area contributed by atoms with E-state index in [9.17, 15) is 10.1 Å². The number of methoxy groups -OCH3 is 1. The number of hydrogen-bond acceptors (Lipinski definition) is 5. The average Bonchev–Trinajstić information content (AvgIpc) is 2.91. The van der Waals surface area contributed by atoms with Crippen LogP contribution in [0.5, 0.6) is 0 Å². The summed E-state index contributed by atoms with van der Waals surface area (Å²) in [5.74, 6) is -0.401. The summed E-state index contributed by atoms with van der Waals surface area (Å²) in [6, 6.07) is 10.3. The zero-order chi connectivity index (χ0) is 17.2. The molecule has 2 aromatic rings. The lowest BCUT2D eigenvalue weighted by Gasteiger charge is -2.19. The summed E-state index contributed by atoms with van der Waals surface area (Å²) in [5, 5.41) is 9.53. The van der Waals surface area contributed by atoms with Gasteiger partial charge in [0.2, 0.25) is 0 Å². The van der Waals surface area contributed by atoms with E-state index < -0.39 is 5.97 Å². The average molecular weight is 345 g/mol. The van der Waals surface area contributed by atoms with Crippen LogP contribution in [-0.4, -0.2) is 19.3 Å². The molecule has 0 N–H and O–H groups in total. The first-order valence-corrected chi connectivity index (χ1v) is 9.17. The number of carbonyl (C=O) groups is 1. The zero-order valence-electron chi connectivity index (χ0n) is 13.9. The lowest BCUT2D eigenvalue weighted by Crippen LogP contribution is -2.10. The predicted octanol–water partition coefficient (Wildman–Crippen LogP) is 5.09. The number of thiophene rings is 1. The molecule has 0 atom stereocenters. The fourth-order valence-electron chi connectivity index (χ4n) is 2.30. The summed E-state index contributed by atoms with van der Waals surface area (Å²) in [4.78, 5) is 12.6. The first kappa shape index (κ1) is 17.6. The highest BCUT2D eigenvalue weighted by molar-refractivity contribution is 8.00. The molecule has 0 saturated carbocycles. The number of carbonyl (C=O) groups excluding carboxylic acids is 1. The smallest absolute Gasteiger partial charge is 0.348 e. The third-order valence-electron chi connectivity index (χ3n) is 3.58. The monoisotopic (exact) mass is 345 g/mol. The van der Waals surface area contributed by atoms with Gasteiger partial charge in [-0.15, -0.1) is 23.1 Å². The van der Waals surface area contributed by atoms with Gasteiger partial charge in [-0.25, -0.2) is 4.79 Å². The fraction of sp³-hybridized carbons (Fsp3) is 0.333. The van der Waals surface area contributed by atoms with Crippen LogP contribution in [0.25, 0.3) is 11.1 Å². The summed E-state index contributed by atoms with van der Waals surface area (Å²) in [5.41, 5.74) is 3.35. The normalized spacial score (nSPS) is 11.1. The van der Waals surface area contributed by atoms with Crippen LogP contribution in [0, 0.1) is 11.3 Å². The van der Waals surface area contributed by atoms with Crippen LogP contribution in [0.4, 0.5) is 0 Å². The number of nitriles is 1. The van der Waals surface area contributed by atoms with E-state index in [-0.39, 0.29) is 5.41 Å². The SMILES string of the molecule is COC(=O)c1sc(SC)c(C#N)c1-c1ccc(C(C)(C)C)cc1. The molecule has 1 aromatic heterocycles. The van der Waals surface area contributed by atoms with Crippen molar-refractivity contribution in [1.29, 1.82) is 5.26 Å². The molecule has 0 amide bonds. The van der Waals surface area contributed by atoms with E-state index >= 15 is 0 Å². The van der Waals surface area contributed by atoms with Crippen LogP contribution < -0.4 is 0 Å². The van der Waals surface area contributed by atoms with Crippen molar-refractivity contribution < 1.29 is 9.53 Å². The molecule has 3 nitrogen and oxygen atoms in total. The lowest BCUT2D eigenvalue weighted by molar-refractivity contribution is 0.0607. The highest BCUT2D eigenvalue weighted by Gasteiger charge is 2.24. The third kappa shape index (κ3) is 3.44. The molecule has 0 aliphatic carbocycles. The molecule has 0 bridgehead atoms. The highest BCUT2D eigenvalue weighted by atomic mass is 32.2. The molecule has 5 heteroatoms. The quantitative estimate of drug-likeness (QED) is 0.574. The van der Waals surface area contributed by atoms with Crippen molar-refractivity contribution in [3.63, 3.8) is 0 Å². The molecule has 0 unspecified atom stereocenters. The van der Waals surface area contributed by atoms with Gasteiger partial charge in [0.05, 0.1) is 16.9 Å². The van der Waals surface area contributed by atoms with Crippen LogP contribution in [0.2, 0.25) is 0 Å². The topological polar surface area (TPSA) is 50.1 Å². The van der Waals surface area contributed by atoms with E-state index in [2.05, 4.69) is 26.8 Å². The third-order valence-corrected chi connectivity index (χ3v) is 5.87. The maximum atomic E-state index is 12.1. The number of thioether (sulfide) groups is 1. The Kier molecular flexibility index (Phi) is 5.18. The van der Waals surface area contributed by atoms with Crippen LogP contribution in [0.1, 0.15) is 41.6 Å². The predicted molar refractivity (Wildman–Crippen MR) is 96.3 cm³/mol. The number of ether oxygens (including phenoxy) is 1. The van der Waals surface area contributed by atoms with Gasteiger partial charge in [-0.1, -0.05) is 45.0 Å². The van der Waals surface area contributed by atoms with Crippen molar-refractivity contribution in [1.82, 2.24) is 0 Å².